The number of imide groups is 1. The van der Waals surface area contributed by atoms with Crippen molar-refractivity contribution in [2.24, 2.45) is 0 Å². The topological polar surface area (TPSA) is 117 Å². The number of carbonyl (C=O) groups is 2. The SMILES string of the molecule is O=C(CN1CCN(Cc2ccc3c(c2)OCO3)CC1)NC(=O)NC1CCS(=O)(=O)C1. The third-order valence-corrected chi connectivity index (χ3v) is 7.26. The Bertz CT molecular complexity index is 914. The summed E-state index contributed by atoms with van der Waals surface area (Å²) in [6.45, 7) is 4.26. The summed E-state index contributed by atoms with van der Waals surface area (Å²) in [6.07, 6.45) is 0.384. The van der Waals surface area contributed by atoms with Crippen LogP contribution in [0.25, 0.3) is 0 Å². The van der Waals surface area contributed by atoms with Crippen molar-refractivity contribution in [3.8, 4) is 11.5 Å². The summed E-state index contributed by atoms with van der Waals surface area (Å²) in [5, 5.41) is 4.85. The Labute approximate surface area is 175 Å². The van der Waals surface area contributed by atoms with Gasteiger partial charge >= 0.3 is 6.03 Å². The number of sulfone groups is 1. The molecule has 3 aliphatic heterocycles. The molecule has 3 heterocycles. The van der Waals surface area contributed by atoms with E-state index < -0.39 is 27.8 Å². The molecular formula is C19H26N4O6S. The first-order chi connectivity index (χ1) is 14.4. The lowest BCUT2D eigenvalue weighted by Crippen LogP contribution is -2.51. The minimum absolute atomic E-state index is 0.0695. The number of rotatable bonds is 5. The second-order valence-electron chi connectivity index (χ2n) is 7.86. The van der Waals surface area contributed by atoms with Crippen molar-refractivity contribution in [1.29, 1.82) is 0 Å². The highest BCUT2D eigenvalue weighted by atomic mass is 32.2. The van der Waals surface area contributed by atoms with E-state index in [0.717, 1.165) is 49.8 Å². The monoisotopic (exact) mass is 438 g/mol. The van der Waals surface area contributed by atoms with Gasteiger partial charge in [-0.2, -0.15) is 0 Å². The summed E-state index contributed by atoms with van der Waals surface area (Å²) in [4.78, 5) is 28.4. The molecule has 2 N–H and O–H groups in total. The normalized spacial score (nSPS) is 23.3. The number of piperazine rings is 1. The van der Waals surface area contributed by atoms with Crippen LogP contribution in [0.4, 0.5) is 4.79 Å². The van der Waals surface area contributed by atoms with Crippen molar-refractivity contribution in [1.82, 2.24) is 20.4 Å². The lowest BCUT2D eigenvalue weighted by atomic mass is 10.1. The fourth-order valence-corrected chi connectivity index (χ4v) is 5.58. The molecule has 164 valence electrons. The van der Waals surface area contributed by atoms with Gasteiger partial charge in [0.1, 0.15) is 0 Å². The van der Waals surface area contributed by atoms with Gasteiger partial charge in [0.05, 0.1) is 18.1 Å². The molecule has 2 saturated heterocycles. The third-order valence-electron chi connectivity index (χ3n) is 5.50. The Balaban J connectivity index is 1.16. The molecule has 3 amide bonds. The van der Waals surface area contributed by atoms with E-state index in [1.54, 1.807) is 0 Å². The van der Waals surface area contributed by atoms with Crippen LogP contribution in [0.3, 0.4) is 0 Å². The summed E-state index contributed by atoms with van der Waals surface area (Å²) in [5.41, 5.74) is 1.15. The van der Waals surface area contributed by atoms with E-state index in [2.05, 4.69) is 15.5 Å². The first kappa shape index (κ1) is 20.9. The third kappa shape index (κ3) is 5.41. The number of hydrogen-bond donors (Lipinski definition) is 2. The van der Waals surface area contributed by atoms with Gasteiger partial charge in [-0.1, -0.05) is 6.07 Å². The minimum Gasteiger partial charge on any atom is -0.454 e. The Morgan fingerprint density at radius 3 is 2.53 bits per heavy atom. The first-order valence-corrected chi connectivity index (χ1v) is 11.8. The largest absolute Gasteiger partial charge is 0.454 e. The zero-order chi connectivity index (χ0) is 21.1. The van der Waals surface area contributed by atoms with E-state index in [1.807, 2.05) is 23.1 Å². The maximum atomic E-state index is 12.1. The molecule has 3 aliphatic rings. The van der Waals surface area contributed by atoms with E-state index in [-0.39, 0.29) is 24.8 Å². The van der Waals surface area contributed by atoms with Gasteiger partial charge in [0.15, 0.2) is 21.3 Å². The number of benzene rings is 1. The van der Waals surface area contributed by atoms with E-state index in [1.165, 1.54) is 0 Å². The Hall–Kier alpha value is -2.37. The maximum absolute atomic E-state index is 12.1. The summed E-state index contributed by atoms with van der Waals surface area (Å²) >= 11 is 0. The molecule has 0 aromatic heterocycles. The highest BCUT2D eigenvalue weighted by Gasteiger charge is 2.29. The fourth-order valence-electron chi connectivity index (χ4n) is 3.90. The van der Waals surface area contributed by atoms with E-state index >= 15 is 0 Å². The summed E-state index contributed by atoms with van der Waals surface area (Å²) in [7, 11) is -3.08. The van der Waals surface area contributed by atoms with E-state index in [0.29, 0.717) is 6.42 Å². The number of carbonyl (C=O) groups excluding carboxylic acids is 2. The van der Waals surface area contributed by atoms with Gasteiger partial charge in [-0.15, -0.1) is 0 Å². The number of hydrogen-bond acceptors (Lipinski definition) is 8. The van der Waals surface area contributed by atoms with Crippen LogP contribution in [0.15, 0.2) is 18.2 Å². The number of urea groups is 1. The van der Waals surface area contributed by atoms with Crippen LogP contribution in [-0.2, 0) is 21.2 Å². The number of nitrogens with zero attached hydrogens (tertiary/aromatic N) is 2. The van der Waals surface area contributed by atoms with Crippen LogP contribution in [-0.4, -0.2) is 87.2 Å². The van der Waals surface area contributed by atoms with Gasteiger partial charge in [0, 0.05) is 38.8 Å². The Morgan fingerprint density at radius 2 is 1.80 bits per heavy atom. The summed E-state index contributed by atoms with van der Waals surface area (Å²) in [6, 6.07) is 4.88. The second-order valence-corrected chi connectivity index (χ2v) is 10.1. The summed E-state index contributed by atoms with van der Waals surface area (Å²) < 4.78 is 33.6. The molecule has 11 heteroatoms. The predicted octanol–water partition coefficient (Wildman–Crippen LogP) is -0.454. The lowest BCUT2D eigenvalue weighted by molar-refractivity contribution is -0.121. The zero-order valence-electron chi connectivity index (χ0n) is 16.6. The van der Waals surface area contributed by atoms with Crippen molar-refractivity contribution in [3.05, 3.63) is 23.8 Å². The average molecular weight is 439 g/mol. The van der Waals surface area contributed by atoms with E-state index in [9.17, 15) is 18.0 Å². The number of amides is 3. The predicted molar refractivity (Wildman–Crippen MR) is 108 cm³/mol. The second kappa shape index (κ2) is 8.78. The molecule has 1 unspecified atom stereocenters. The fraction of sp³-hybridized carbons (Fsp3) is 0.579. The van der Waals surface area contributed by atoms with Crippen LogP contribution in [0.5, 0.6) is 11.5 Å². The van der Waals surface area contributed by atoms with Gasteiger partial charge in [0.25, 0.3) is 0 Å². The molecule has 0 spiro atoms. The number of nitrogens with one attached hydrogen (secondary N) is 2. The van der Waals surface area contributed by atoms with Crippen LogP contribution in [0.1, 0.15) is 12.0 Å². The van der Waals surface area contributed by atoms with Crippen molar-refractivity contribution in [2.75, 3.05) is 51.0 Å². The van der Waals surface area contributed by atoms with Gasteiger partial charge < -0.3 is 14.8 Å². The zero-order valence-corrected chi connectivity index (χ0v) is 17.4. The smallest absolute Gasteiger partial charge is 0.321 e. The standard InChI is InChI=1S/C19H26N4O6S/c24-18(21-19(25)20-15-3-8-30(26,27)12-15)11-23-6-4-22(5-7-23)10-14-1-2-16-17(9-14)29-13-28-16/h1-2,9,15H,3-8,10-13H2,(H2,20,21,24,25). The van der Waals surface area contributed by atoms with E-state index in [4.69, 9.17) is 9.47 Å². The van der Waals surface area contributed by atoms with Crippen LogP contribution in [0, 0.1) is 0 Å². The average Bonchev–Trinajstić information content (AvgIpc) is 3.28. The lowest BCUT2D eigenvalue weighted by Gasteiger charge is -2.34. The Morgan fingerprint density at radius 1 is 1.07 bits per heavy atom. The molecule has 0 saturated carbocycles. The molecular weight excluding hydrogens is 412 g/mol. The van der Waals surface area contributed by atoms with Crippen molar-refractivity contribution in [3.63, 3.8) is 0 Å². The van der Waals surface area contributed by atoms with Crippen molar-refractivity contribution >= 4 is 21.8 Å². The van der Waals surface area contributed by atoms with Crippen LogP contribution >= 0.6 is 0 Å². The molecule has 0 bridgehead atoms. The van der Waals surface area contributed by atoms with Crippen LogP contribution in [0.2, 0.25) is 0 Å². The van der Waals surface area contributed by atoms with Crippen LogP contribution < -0.4 is 20.1 Å². The highest BCUT2D eigenvalue weighted by molar-refractivity contribution is 7.91. The number of ether oxygens (including phenoxy) is 2. The molecule has 1 aromatic carbocycles. The highest BCUT2D eigenvalue weighted by Crippen LogP contribution is 2.32. The maximum Gasteiger partial charge on any atom is 0.321 e. The molecule has 1 atom stereocenters. The van der Waals surface area contributed by atoms with Gasteiger partial charge in [-0.05, 0) is 24.1 Å². The molecule has 30 heavy (non-hydrogen) atoms. The number of fused-ring (bicyclic) bond motifs is 1. The molecule has 0 aliphatic carbocycles. The Kier molecular flexibility index (Phi) is 6.11. The van der Waals surface area contributed by atoms with Crippen molar-refractivity contribution < 1.29 is 27.5 Å². The van der Waals surface area contributed by atoms with Gasteiger partial charge in [0.2, 0.25) is 12.7 Å². The minimum atomic E-state index is -3.08. The van der Waals surface area contributed by atoms with Crippen molar-refractivity contribution in [2.45, 2.75) is 19.0 Å². The molecule has 10 nitrogen and oxygen atoms in total. The summed E-state index contributed by atoms with van der Waals surface area (Å²) in [5.74, 6) is 1.16. The molecule has 0 radical (unpaired) electrons. The first-order valence-electron chi connectivity index (χ1n) is 10.0. The van der Waals surface area contributed by atoms with Gasteiger partial charge in [-0.3, -0.25) is 19.9 Å². The molecule has 4 rings (SSSR count). The molecule has 2 fully saturated rings. The van der Waals surface area contributed by atoms with Gasteiger partial charge in [-0.25, -0.2) is 13.2 Å². The molecule has 1 aromatic rings. The quantitative estimate of drug-likeness (QED) is 0.635.